The molecule has 1 aliphatic heterocycles. The summed E-state index contributed by atoms with van der Waals surface area (Å²) in [4.78, 5) is 28.4. The number of carbonyl (C=O) groups is 2. The lowest BCUT2D eigenvalue weighted by Crippen LogP contribution is -2.51. The van der Waals surface area contributed by atoms with E-state index >= 15 is 0 Å². The maximum absolute atomic E-state index is 12.8. The van der Waals surface area contributed by atoms with Crippen molar-refractivity contribution < 1.29 is 27.9 Å². The second kappa shape index (κ2) is 7.67. The summed E-state index contributed by atoms with van der Waals surface area (Å²) < 4.78 is 30.0. The summed E-state index contributed by atoms with van der Waals surface area (Å²) in [6.45, 7) is 0.0416. The molecule has 2 aromatic rings. The van der Waals surface area contributed by atoms with E-state index in [4.69, 9.17) is 9.84 Å². The number of aromatic amines is 1. The largest absolute Gasteiger partial charge is 0.480 e. The lowest BCUT2D eigenvalue weighted by Gasteiger charge is -2.34. The van der Waals surface area contributed by atoms with Crippen molar-refractivity contribution in [3.8, 4) is 0 Å². The highest BCUT2D eigenvalue weighted by Crippen LogP contribution is 2.18. The number of carbonyl (C=O) groups excluding carboxylic acids is 1. The number of morpholine rings is 1. The third kappa shape index (κ3) is 4.65. The minimum Gasteiger partial charge on any atom is -0.480 e. The summed E-state index contributed by atoms with van der Waals surface area (Å²) in [6.07, 6.45) is 0.354. The van der Waals surface area contributed by atoms with E-state index in [9.17, 15) is 18.0 Å². The van der Waals surface area contributed by atoms with E-state index in [0.29, 0.717) is 12.2 Å². The predicted molar refractivity (Wildman–Crippen MR) is 98.0 cm³/mol. The molecular formula is C17H21N3O6S. The van der Waals surface area contributed by atoms with Gasteiger partial charge in [-0.05, 0) is 12.1 Å². The van der Waals surface area contributed by atoms with E-state index in [1.807, 2.05) is 24.3 Å². The minimum atomic E-state index is -3.70. The predicted octanol–water partition coefficient (Wildman–Crippen LogP) is 0.355. The van der Waals surface area contributed by atoms with Crippen molar-refractivity contribution in [3.63, 3.8) is 0 Å². The number of rotatable bonds is 6. The van der Waals surface area contributed by atoms with Gasteiger partial charge in [0.25, 0.3) is 5.91 Å². The number of amides is 1. The Hall–Kier alpha value is -2.43. The molecule has 146 valence electrons. The van der Waals surface area contributed by atoms with Crippen LogP contribution in [-0.4, -0.2) is 84.7 Å². The molecule has 2 heterocycles. The second-order valence-corrected chi connectivity index (χ2v) is 8.45. The van der Waals surface area contributed by atoms with Crippen LogP contribution in [0.2, 0.25) is 0 Å². The highest BCUT2D eigenvalue weighted by molar-refractivity contribution is 7.88. The van der Waals surface area contributed by atoms with Gasteiger partial charge < -0.3 is 19.7 Å². The molecule has 0 bridgehead atoms. The van der Waals surface area contributed by atoms with Gasteiger partial charge in [-0.3, -0.25) is 9.59 Å². The Labute approximate surface area is 156 Å². The fourth-order valence-electron chi connectivity index (χ4n) is 3.07. The summed E-state index contributed by atoms with van der Waals surface area (Å²) in [6, 6.07) is 9.32. The van der Waals surface area contributed by atoms with Gasteiger partial charge in [0, 0.05) is 30.5 Å². The first-order valence-electron chi connectivity index (χ1n) is 8.39. The molecule has 0 spiro atoms. The summed E-state index contributed by atoms with van der Waals surface area (Å²) in [7, 11) is -3.70. The van der Waals surface area contributed by atoms with Crippen LogP contribution in [0.3, 0.4) is 0 Å². The normalized spacial score (nSPS) is 18.1. The molecule has 2 N–H and O–H groups in total. The lowest BCUT2D eigenvalue weighted by atomic mass is 10.2. The first-order chi connectivity index (χ1) is 12.7. The highest BCUT2D eigenvalue weighted by Gasteiger charge is 2.30. The lowest BCUT2D eigenvalue weighted by molar-refractivity contribution is -0.137. The van der Waals surface area contributed by atoms with Gasteiger partial charge in [-0.25, -0.2) is 8.42 Å². The monoisotopic (exact) mass is 395 g/mol. The first kappa shape index (κ1) is 19.3. The maximum atomic E-state index is 12.8. The summed E-state index contributed by atoms with van der Waals surface area (Å²) in [5.74, 6) is -1.45. The minimum absolute atomic E-state index is 0.123. The number of hydrogen-bond acceptors (Lipinski definition) is 5. The highest BCUT2D eigenvalue weighted by atomic mass is 32.2. The Morgan fingerprint density at radius 3 is 2.78 bits per heavy atom. The number of carboxylic acid groups (broad SMARTS) is 1. The zero-order chi connectivity index (χ0) is 19.6. The molecule has 1 amide bonds. The van der Waals surface area contributed by atoms with Crippen molar-refractivity contribution in [2.24, 2.45) is 0 Å². The van der Waals surface area contributed by atoms with Gasteiger partial charge >= 0.3 is 5.97 Å². The standard InChI is InChI=1S/C17H21N3O6S/c1-27(24,25)20(11-16(21)22)10-13-9-19(6-7-26-13)17(23)15-8-12-4-2-3-5-14(12)18-15/h2-5,8,13,18H,6-7,9-11H2,1H3,(H,21,22). The number of benzene rings is 1. The molecule has 3 rings (SSSR count). The molecule has 0 saturated carbocycles. The number of para-hydroxylation sites is 1. The van der Waals surface area contributed by atoms with E-state index in [2.05, 4.69) is 4.98 Å². The molecule has 1 atom stereocenters. The number of nitrogens with one attached hydrogen (secondary N) is 1. The van der Waals surface area contributed by atoms with Gasteiger partial charge in [-0.2, -0.15) is 4.31 Å². The quantitative estimate of drug-likeness (QED) is 0.729. The third-order valence-electron chi connectivity index (χ3n) is 4.37. The number of fused-ring (bicyclic) bond motifs is 1. The van der Waals surface area contributed by atoms with Crippen molar-refractivity contribution in [2.45, 2.75) is 6.10 Å². The SMILES string of the molecule is CS(=O)(=O)N(CC(=O)O)CC1CN(C(=O)c2cc3ccccc3[nH]2)CCO1. The van der Waals surface area contributed by atoms with Gasteiger partial charge in [-0.1, -0.05) is 18.2 Å². The van der Waals surface area contributed by atoms with Crippen LogP contribution in [0.1, 0.15) is 10.5 Å². The molecule has 0 radical (unpaired) electrons. The van der Waals surface area contributed by atoms with Crippen LogP contribution in [0.15, 0.2) is 30.3 Å². The van der Waals surface area contributed by atoms with Crippen LogP contribution < -0.4 is 0 Å². The zero-order valence-electron chi connectivity index (χ0n) is 14.8. The molecule has 27 heavy (non-hydrogen) atoms. The molecule has 10 heteroatoms. The van der Waals surface area contributed by atoms with Gasteiger partial charge in [0.05, 0.1) is 19.0 Å². The van der Waals surface area contributed by atoms with Crippen molar-refractivity contribution >= 4 is 32.8 Å². The molecule has 1 saturated heterocycles. The summed E-state index contributed by atoms with van der Waals surface area (Å²) in [5, 5.41) is 9.85. The van der Waals surface area contributed by atoms with Gasteiger partial charge in [0.1, 0.15) is 12.2 Å². The van der Waals surface area contributed by atoms with Crippen LogP contribution >= 0.6 is 0 Å². The van der Waals surface area contributed by atoms with Gasteiger partial charge in [0.2, 0.25) is 10.0 Å². The number of aromatic nitrogens is 1. The van der Waals surface area contributed by atoms with Crippen LogP contribution in [0, 0.1) is 0 Å². The zero-order valence-corrected chi connectivity index (χ0v) is 15.6. The van der Waals surface area contributed by atoms with E-state index in [-0.39, 0.29) is 25.6 Å². The number of carboxylic acids is 1. The smallest absolute Gasteiger partial charge is 0.318 e. The summed E-state index contributed by atoms with van der Waals surface area (Å²) in [5.41, 5.74) is 1.30. The van der Waals surface area contributed by atoms with E-state index in [1.165, 1.54) is 0 Å². The molecule has 1 fully saturated rings. The average molecular weight is 395 g/mol. The van der Waals surface area contributed by atoms with Crippen LogP contribution in [0.25, 0.3) is 10.9 Å². The summed E-state index contributed by atoms with van der Waals surface area (Å²) >= 11 is 0. The van der Waals surface area contributed by atoms with Crippen LogP contribution in [-0.2, 0) is 19.6 Å². The Morgan fingerprint density at radius 1 is 1.37 bits per heavy atom. The van der Waals surface area contributed by atoms with Gasteiger partial charge in [-0.15, -0.1) is 0 Å². The number of ether oxygens (including phenoxy) is 1. The molecule has 1 aromatic heterocycles. The molecule has 0 aliphatic carbocycles. The number of H-pyrrole nitrogens is 1. The number of sulfonamides is 1. The van der Waals surface area contributed by atoms with Crippen LogP contribution in [0.5, 0.6) is 0 Å². The second-order valence-electron chi connectivity index (χ2n) is 6.46. The topological polar surface area (TPSA) is 120 Å². The Morgan fingerprint density at radius 2 is 2.11 bits per heavy atom. The molecule has 9 nitrogen and oxygen atoms in total. The van der Waals surface area contributed by atoms with Crippen molar-refractivity contribution in [2.75, 3.05) is 39.0 Å². The van der Waals surface area contributed by atoms with Crippen molar-refractivity contribution in [3.05, 3.63) is 36.0 Å². The maximum Gasteiger partial charge on any atom is 0.318 e. The van der Waals surface area contributed by atoms with E-state index in [0.717, 1.165) is 21.5 Å². The van der Waals surface area contributed by atoms with E-state index in [1.54, 1.807) is 11.0 Å². The van der Waals surface area contributed by atoms with Crippen molar-refractivity contribution in [1.82, 2.24) is 14.2 Å². The molecular weight excluding hydrogens is 374 g/mol. The van der Waals surface area contributed by atoms with Crippen molar-refractivity contribution in [1.29, 1.82) is 0 Å². The first-order valence-corrected chi connectivity index (χ1v) is 10.2. The number of aliphatic carboxylic acids is 1. The third-order valence-corrected chi connectivity index (χ3v) is 5.59. The molecule has 1 unspecified atom stereocenters. The molecule has 1 aromatic carbocycles. The Balaban J connectivity index is 1.71. The Kier molecular flexibility index (Phi) is 5.49. The van der Waals surface area contributed by atoms with E-state index < -0.39 is 28.6 Å². The fraction of sp³-hybridized carbons (Fsp3) is 0.412. The number of nitrogens with zero attached hydrogens (tertiary/aromatic N) is 2. The average Bonchev–Trinajstić information content (AvgIpc) is 3.04. The number of hydrogen-bond donors (Lipinski definition) is 2. The van der Waals surface area contributed by atoms with Crippen LogP contribution in [0.4, 0.5) is 0 Å². The molecule has 1 aliphatic rings. The Bertz CT molecular complexity index is 921. The van der Waals surface area contributed by atoms with Gasteiger partial charge in [0.15, 0.2) is 0 Å². The fourth-order valence-corrected chi connectivity index (χ4v) is 3.85.